The number of hydrogen-bond acceptors (Lipinski definition) is 5. The van der Waals surface area contributed by atoms with E-state index in [4.69, 9.17) is 27.9 Å². The van der Waals surface area contributed by atoms with Crippen LogP contribution in [0.5, 0.6) is 0 Å². The summed E-state index contributed by atoms with van der Waals surface area (Å²) in [5.41, 5.74) is 4.88. The number of pyridine rings is 1. The monoisotopic (exact) mass is 472 g/mol. The molecule has 0 atom stereocenters. The molecule has 0 fully saturated rings. The Hall–Kier alpha value is -3.16. The summed E-state index contributed by atoms with van der Waals surface area (Å²) < 4.78 is 6.88. The van der Waals surface area contributed by atoms with Crippen LogP contribution in [-0.4, -0.2) is 33.2 Å². The Bertz CT molecular complexity index is 1170. The fourth-order valence-electron chi connectivity index (χ4n) is 2.98. The molecule has 2 aromatic heterocycles. The third-order valence-corrected chi connectivity index (χ3v) is 5.18. The maximum atomic E-state index is 12.1. The van der Waals surface area contributed by atoms with Crippen LogP contribution in [0.3, 0.4) is 0 Å². The Balaban J connectivity index is 1.57. The van der Waals surface area contributed by atoms with Crippen molar-refractivity contribution in [3.05, 3.63) is 80.7 Å². The minimum atomic E-state index is -0.652. The van der Waals surface area contributed by atoms with Gasteiger partial charge in [0.2, 0.25) is 0 Å². The van der Waals surface area contributed by atoms with Gasteiger partial charge < -0.3 is 10.1 Å². The molecule has 0 bridgehead atoms. The van der Waals surface area contributed by atoms with Gasteiger partial charge in [-0.2, -0.15) is 5.10 Å². The predicted octanol–water partition coefficient (Wildman–Crippen LogP) is 4.75. The Labute approximate surface area is 196 Å². The predicted molar refractivity (Wildman–Crippen MR) is 125 cm³/mol. The smallest absolute Gasteiger partial charge is 0.331 e. The first kappa shape index (κ1) is 23.5. The summed E-state index contributed by atoms with van der Waals surface area (Å²) in [4.78, 5) is 28.0. The number of nitrogens with one attached hydrogen (secondary N) is 1. The zero-order chi connectivity index (χ0) is 23.3. The van der Waals surface area contributed by atoms with Gasteiger partial charge in [-0.25, -0.2) is 9.78 Å². The molecule has 0 radical (unpaired) electrons. The molecule has 0 spiro atoms. The number of hydrogen-bond donors (Lipinski definition) is 1. The minimum Gasteiger partial charge on any atom is -0.452 e. The molecule has 0 saturated carbocycles. The number of aromatic nitrogens is 3. The lowest BCUT2D eigenvalue weighted by Crippen LogP contribution is -2.20. The lowest BCUT2D eigenvalue weighted by molar-refractivity contribution is -0.142. The number of halogens is 2. The molecule has 0 aliphatic heterocycles. The molecule has 1 amide bonds. The van der Waals surface area contributed by atoms with Crippen molar-refractivity contribution in [2.75, 3.05) is 11.9 Å². The van der Waals surface area contributed by atoms with Gasteiger partial charge in [0.05, 0.1) is 22.3 Å². The van der Waals surface area contributed by atoms with E-state index in [9.17, 15) is 9.59 Å². The molecule has 0 unspecified atom stereocenters. The van der Waals surface area contributed by atoms with Gasteiger partial charge in [-0.15, -0.1) is 0 Å². The van der Waals surface area contributed by atoms with E-state index in [1.165, 1.54) is 23.9 Å². The van der Waals surface area contributed by atoms with Gasteiger partial charge in [0.1, 0.15) is 0 Å². The van der Waals surface area contributed by atoms with Crippen LogP contribution < -0.4 is 5.32 Å². The SMILES string of the molecule is Cc1ccc(Cn2nc(C)c(/C=C/C(=O)OCC(=O)Nc3ncc(Cl)cc3Cl)c2C)cc1. The highest BCUT2D eigenvalue weighted by Crippen LogP contribution is 2.22. The number of ether oxygens (including phenoxy) is 1. The zero-order valence-corrected chi connectivity index (χ0v) is 19.4. The summed E-state index contributed by atoms with van der Waals surface area (Å²) in [6, 6.07) is 9.70. The Morgan fingerprint density at radius 2 is 1.88 bits per heavy atom. The second-order valence-electron chi connectivity index (χ2n) is 7.20. The molecule has 7 nitrogen and oxygen atoms in total. The van der Waals surface area contributed by atoms with E-state index < -0.39 is 18.5 Å². The van der Waals surface area contributed by atoms with Gasteiger partial charge >= 0.3 is 5.97 Å². The summed E-state index contributed by atoms with van der Waals surface area (Å²) in [5, 5.41) is 7.55. The minimum absolute atomic E-state index is 0.139. The number of rotatable bonds is 7. The molecule has 0 aliphatic rings. The maximum absolute atomic E-state index is 12.1. The first-order valence-corrected chi connectivity index (χ1v) is 10.5. The molecule has 3 rings (SSSR count). The average molecular weight is 473 g/mol. The van der Waals surface area contributed by atoms with Crippen LogP contribution in [0.25, 0.3) is 6.08 Å². The second-order valence-corrected chi connectivity index (χ2v) is 8.04. The number of carbonyl (C=O) groups is 2. The molecule has 1 aromatic carbocycles. The van der Waals surface area contributed by atoms with E-state index >= 15 is 0 Å². The van der Waals surface area contributed by atoms with Crippen molar-refractivity contribution >= 4 is 47.0 Å². The van der Waals surface area contributed by atoms with Crippen LogP contribution in [0.15, 0.2) is 42.6 Å². The first-order chi connectivity index (χ1) is 15.2. The second kappa shape index (κ2) is 10.4. The molecule has 166 valence electrons. The van der Waals surface area contributed by atoms with E-state index in [-0.39, 0.29) is 10.8 Å². The van der Waals surface area contributed by atoms with Crippen LogP contribution in [0.4, 0.5) is 5.82 Å². The molecule has 3 aromatic rings. The number of benzene rings is 1. The van der Waals surface area contributed by atoms with Crippen molar-refractivity contribution in [3.63, 3.8) is 0 Å². The van der Waals surface area contributed by atoms with Crippen molar-refractivity contribution in [2.45, 2.75) is 27.3 Å². The third kappa shape index (κ3) is 6.18. The summed E-state index contributed by atoms with van der Waals surface area (Å²) in [7, 11) is 0. The molecule has 9 heteroatoms. The quantitative estimate of drug-likeness (QED) is 0.395. The maximum Gasteiger partial charge on any atom is 0.331 e. The molecule has 0 saturated heterocycles. The third-order valence-electron chi connectivity index (χ3n) is 4.69. The largest absolute Gasteiger partial charge is 0.452 e. The number of aryl methyl sites for hydroxylation is 2. The highest BCUT2D eigenvalue weighted by atomic mass is 35.5. The normalized spacial score (nSPS) is 11.0. The standard InChI is InChI=1S/C23H22Cl2N4O3/c1-14-4-6-17(7-5-14)12-29-16(3)19(15(2)28-29)8-9-22(31)32-13-21(30)27-23-20(25)10-18(24)11-26-23/h4-11H,12-13H2,1-3H3,(H,26,27,30)/b9-8+. The fourth-order valence-corrected chi connectivity index (χ4v) is 3.41. The van der Waals surface area contributed by atoms with Gasteiger partial charge in [0, 0.05) is 23.5 Å². The number of carbonyl (C=O) groups excluding carboxylic acids is 2. The lowest BCUT2D eigenvalue weighted by Gasteiger charge is -2.06. The van der Waals surface area contributed by atoms with Gasteiger partial charge in [-0.1, -0.05) is 53.0 Å². The Morgan fingerprint density at radius 3 is 2.56 bits per heavy atom. The van der Waals surface area contributed by atoms with Gasteiger partial charge in [0.15, 0.2) is 12.4 Å². The van der Waals surface area contributed by atoms with Crippen molar-refractivity contribution in [3.8, 4) is 0 Å². The molecule has 32 heavy (non-hydrogen) atoms. The van der Waals surface area contributed by atoms with Crippen LogP contribution in [0, 0.1) is 20.8 Å². The highest BCUT2D eigenvalue weighted by Gasteiger charge is 2.12. The average Bonchev–Trinajstić information content (AvgIpc) is 3.01. The molecular formula is C23H22Cl2N4O3. The van der Waals surface area contributed by atoms with Crippen LogP contribution >= 0.6 is 23.2 Å². The van der Waals surface area contributed by atoms with Crippen LogP contribution in [0.1, 0.15) is 28.1 Å². The molecular weight excluding hydrogens is 451 g/mol. The van der Waals surface area contributed by atoms with E-state index in [2.05, 4.69) is 39.7 Å². The van der Waals surface area contributed by atoms with E-state index in [1.54, 1.807) is 6.08 Å². The lowest BCUT2D eigenvalue weighted by atomic mass is 10.1. The topological polar surface area (TPSA) is 86.1 Å². The Morgan fingerprint density at radius 1 is 1.16 bits per heavy atom. The van der Waals surface area contributed by atoms with E-state index in [0.29, 0.717) is 11.6 Å². The number of anilines is 1. The van der Waals surface area contributed by atoms with Gasteiger partial charge in [-0.3, -0.25) is 9.48 Å². The van der Waals surface area contributed by atoms with Gasteiger partial charge in [-0.05, 0) is 38.5 Å². The molecule has 1 N–H and O–H groups in total. The van der Waals surface area contributed by atoms with Gasteiger partial charge in [0.25, 0.3) is 5.91 Å². The zero-order valence-electron chi connectivity index (χ0n) is 17.9. The number of nitrogens with zero attached hydrogens (tertiary/aromatic N) is 3. The fraction of sp³-hybridized carbons (Fsp3) is 0.217. The van der Waals surface area contributed by atoms with Crippen molar-refractivity contribution < 1.29 is 14.3 Å². The van der Waals surface area contributed by atoms with Crippen LogP contribution in [-0.2, 0) is 20.9 Å². The van der Waals surface area contributed by atoms with E-state index in [1.807, 2.05) is 25.5 Å². The highest BCUT2D eigenvalue weighted by molar-refractivity contribution is 6.36. The summed E-state index contributed by atoms with van der Waals surface area (Å²) >= 11 is 11.7. The van der Waals surface area contributed by atoms with Crippen LogP contribution in [0.2, 0.25) is 10.0 Å². The summed E-state index contributed by atoms with van der Waals surface area (Å²) in [6.07, 6.45) is 4.26. The number of amides is 1. The van der Waals surface area contributed by atoms with Crippen molar-refractivity contribution in [1.29, 1.82) is 0 Å². The summed E-state index contributed by atoms with van der Waals surface area (Å²) in [5.74, 6) is -1.08. The van der Waals surface area contributed by atoms with E-state index in [0.717, 1.165) is 22.5 Å². The molecule has 0 aliphatic carbocycles. The number of esters is 1. The molecule has 2 heterocycles. The Kier molecular flexibility index (Phi) is 7.66. The summed E-state index contributed by atoms with van der Waals surface area (Å²) in [6.45, 7) is 6.01. The van der Waals surface area contributed by atoms with Crippen molar-refractivity contribution in [1.82, 2.24) is 14.8 Å². The van der Waals surface area contributed by atoms with Crippen molar-refractivity contribution in [2.24, 2.45) is 0 Å². The first-order valence-electron chi connectivity index (χ1n) is 9.78.